The van der Waals surface area contributed by atoms with Crippen molar-refractivity contribution in [3.05, 3.63) is 23.8 Å². The lowest BCUT2D eigenvalue weighted by molar-refractivity contribution is -0.144. The predicted molar refractivity (Wildman–Crippen MR) is 83.9 cm³/mol. The van der Waals surface area contributed by atoms with Crippen LogP contribution in [0, 0.1) is 0 Å². The van der Waals surface area contributed by atoms with E-state index >= 15 is 0 Å². The number of hydrogen-bond donors (Lipinski definition) is 1. The summed E-state index contributed by atoms with van der Waals surface area (Å²) in [5.41, 5.74) is 1.61. The van der Waals surface area contributed by atoms with Crippen LogP contribution < -0.4 is 9.62 Å². The molecule has 1 amide bonds. The van der Waals surface area contributed by atoms with Gasteiger partial charge in [0, 0.05) is 18.8 Å². The van der Waals surface area contributed by atoms with Crippen molar-refractivity contribution in [1.82, 2.24) is 4.72 Å². The van der Waals surface area contributed by atoms with Gasteiger partial charge in [-0.2, -0.15) is 0 Å². The Labute approximate surface area is 135 Å². The second-order valence-electron chi connectivity index (χ2n) is 5.47. The molecule has 1 aromatic carbocycles. The van der Waals surface area contributed by atoms with E-state index in [0.717, 1.165) is 5.56 Å². The number of amides is 1. The van der Waals surface area contributed by atoms with Gasteiger partial charge in [0.25, 0.3) is 5.91 Å². The van der Waals surface area contributed by atoms with Gasteiger partial charge in [-0.25, -0.2) is 13.1 Å². The number of hydrogen-bond acceptors (Lipinski definition) is 5. The second kappa shape index (κ2) is 6.56. The van der Waals surface area contributed by atoms with E-state index in [1.807, 2.05) is 0 Å². The maximum absolute atomic E-state index is 12.6. The average Bonchev–Trinajstić information content (AvgIpc) is 2.98. The Balaban J connectivity index is 1.87. The Kier molecular flexibility index (Phi) is 4.67. The van der Waals surface area contributed by atoms with E-state index in [2.05, 4.69) is 4.72 Å². The average molecular weight is 340 g/mol. The van der Waals surface area contributed by atoms with Crippen molar-refractivity contribution in [2.45, 2.75) is 24.3 Å². The smallest absolute Gasteiger partial charge is 0.258 e. The zero-order valence-corrected chi connectivity index (χ0v) is 13.8. The minimum absolute atomic E-state index is 0.165. The molecule has 0 radical (unpaired) electrons. The topological polar surface area (TPSA) is 84.9 Å². The summed E-state index contributed by atoms with van der Waals surface area (Å²) in [5.74, 6) is -0.179. The SMILES string of the molecule is CCNS(=O)(=O)c1ccc2c(c1)N(C(=O)C1COCCO1)CC2. The summed E-state index contributed by atoms with van der Waals surface area (Å²) in [5, 5.41) is 0. The second-order valence-corrected chi connectivity index (χ2v) is 7.23. The van der Waals surface area contributed by atoms with Crippen LogP contribution in [0.2, 0.25) is 0 Å². The predicted octanol–water partition coefficient (Wildman–Crippen LogP) is 0.289. The first kappa shape index (κ1) is 16.4. The molecule has 8 heteroatoms. The highest BCUT2D eigenvalue weighted by atomic mass is 32.2. The fraction of sp³-hybridized carbons (Fsp3) is 0.533. The maximum Gasteiger partial charge on any atom is 0.258 e. The third-order valence-corrected chi connectivity index (χ3v) is 5.50. The summed E-state index contributed by atoms with van der Waals surface area (Å²) in [7, 11) is -3.55. The van der Waals surface area contributed by atoms with Gasteiger partial charge < -0.3 is 14.4 Å². The number of benzene rings is 1. The molecule has 126 valence electrons. The summed E-state index contributed by atoms with van der Waals surface area (Å²) >= 11 is 0. The van der Waals surface area contributed by atoms with E-state index in [4.69, 9.17) is 9.47 Å². The molecule has 2 heterocycles. The van der Waals surface area contributed by atoms with Gasteiger partial charge in [0.05, 0.1) is 24.7 Å². The molecule has 1 fully saturated rings. The molecule has 7 nitrogen and oxygen atoms in total. The molecule has 2 aliphatic rings. The molecule has 0 aliphatic carbocycles. The third kappa shape index (κ3) is 3.25. The van der Waals surface area contributed by atoms with Gasteiger partial charge in [-0.15, -0.1) is 0 Å². The van der Waals surface area contributed by atoms with Crippen LogP contribution in [0.4, 0.5) is 5.69 Å². The summed E-state index contributed by atoms with van der Waals surface area (Å²) in [6.45, 7) is 3.69. The highest BCUT2D eigenvalue weighted by Crippen LogP contribution is 2.31. The minimum atomic E-state index is -3.55. The monoisotopic (exact) mass is 340 g/mol. The standard InChI is InChI=1S/C15H20N2O5S/c1-2-16-23(19,20)12-4-3-11-5-6-17(13(11)9-12)15(18)14-10-21-7-8-22-14/h3-4,9,14,16H,2,5-8,10H2,1H3. The van der Waals surface area contributed by atoms with Crippen LogP contribution in [-0.4, -0.2) is 53.3 Å². The van der Waals surface area contributed by atoms with Gasteiger partial charge in [0.15, 0.2) is 6.10 Å². The Morgan fingerprint density at radius 3 is 2.91 bits per heavy atom. The Morgan fingerprint density at radius 2 is 2.22 bits per heavy atom. The van der Waals surface area contributed by atoms with Crippen molar-refractivity contribution in [1.29, 1.82) is 0 Å². The first-order valence-electron chi connectivity index (χ1n) is 7.66. The number of carbonyl (C=O) groups is 1. The highest BCUT2D eigenvalue weighted by molar-refractivity contribution is 7.89. The first-order valence-corrected chi connectivity index (χ1v) is 9.14. The van der Waals surface area contributed by atoms with Crippen LogP contribution in [0.3, 0.4) is 0 Å². The largest absolute Gasteiger partial charge is 0.376 e. The first-order chi connectivity index (χ1) is 11.0. The van der Waals surface area contributed by atoms with E-state index < -0.39 is 16.1 Å². The Bertz CT molecular complexity index is 698. The van der Waals surface area contributed by atoms with Crippen molar-refractivity contribution >= 4 is 21.6 Å². The molecule has 1 unspecified atom stereocenters. The number of nitrogens with one attached hydrogen (secondary N) is 1. The van der Waals surface area contributed by atoms with E-state index in [9.17, 15) is 13.2 Å². The van der Waals surface area contributed by atoms with Crippen LogP contribution in [0.25, 0.3) is 0 Å². The van der Waals surface area contributed by atoms with E-state index in [0.29, 0.717) is 38.4 Å². The zero-order valence-electron chi connectivity index (χ0n) is 12.9. The van der Waals surface area contributed by atoms with E-state index in [1.54, 1.807) is 30.0 Å². The molecular formula is C15H20N2O5S. The van der Waals surface area contributed by atoms with E-state index in [1.165, 1.54) is 0 Å². The van der Waals surface area contributed by atoms with Crippen LogP contribution in [0.15, 0.2) is 23.1 Å². The number of carbonyl (C=O) groups excluding carboxylic acids is 1. The van der Waals surface area contributed by atoms with Crippen molar-refractivity contribution in [2.24, 2.45) is 0 Å². The molecule has 23 heavy (non-hydrogen) atoms. The van der Waals surface area contributed by atoms with Gasteiger partial charge in [-0.1, -0.05) is 13.0 Å². The molecule has 2 aliphatic heterocycles. The molecule has 3 rings (SSSR count). The Morgan fingerprint density at radius 1 is 1.39 bits per heavy atom. The van der Waals surface area contributed by atoms with Crippen LogP contribution in [-0.2, 0) is 30.7 Å². The number of nitrogens with zero attached hydrogens (tertiary/aromatic N) is 1. The van der Waals surface area contributed by atoms with Gasteiger partial charge in [-0.3, -0.25) is 4.79 Å². The number of anilines is 1. The maximum atomic E-state index is 12.6. The fourth-order valence-corrected chi connectivity index (χ4v) is 3.89. The summed E-state index contributed by atoms with van der Waals surface area (Å²) in [4.78, 5) is 14.4. The molecule has 0 saturated carbocycles. The van der Waals surface area contributed by atoms with Crippen molar-refractivity contribution < 1.29 is 22.7 Å². The Hall–Kier alpha value is -1.48. The van der Waals surface area contributed by atoms with Crippen LogP contribution in [0.5, 0.6) is 0 Å². The molecule has 1 N–H and O–H groups in total. The summed E-state index contributed by atoms with van der Waals surface area (Å²) in [6, 6.07) is 4.90. The number of rotatable bonds is 4. The molecule has 1 atom stereocenters. The van der Waals surface area contributed by atoms with Gasteiger partial charge in [0.2, 0.25) is 10.0 Å². The van der Waals surface area contributed by atoms with Crippen LogP contribution >= 0.6 is 0 Å². The highest BCUT2D eigenvalue weighted by Gasteiger charge is 2.33. The van der Waals surface area contributed by atoms with Gasteiger partial charge in [-0.05, 0) is 24.1 Å². The normalized spacial score (nSPS) is 21.3. The fourth-order valence-electron chi connectivity index (χ4n) is 2.83. The summed E-state index contributed by atoms with van der Waals surface area (Å²) in [6.07, 6.45) is 0.0830. The number of fused-ring (bicyclic) bond motifs is 1. The number of ether oxygens (including phenoxy) is 2. The van der Waals surface area contributed by atoms with Gasteiger partial charge >= 0.3 is 0 Å². The van der Waals surface area contributed by atoms with Crippen molar-refractivity contribution in [3.63, 3.8) is 0 Å². The lowest BCUT2D eigenvalue weighted by atomic mass is 10.2. The summed E-state index contributed by atoms with van der Waals surface area (Å²) < 4.78 is 37.5. The van der Waals surface area contributed by atoms with Gasteiger partial charge in [0.1, 0.15) is 0 Å². The lowest BCUT2D eigenvalue weighted by Crippen LogP contribution is -2.44. The molecule has 1 aromatic rings. The number of sulfonamides is 1. The van der Waals surface area contributed by atoms with Crippen molar-refractivity contribution in [3.8, 4) is 0 Å². The lowest BCUT2D eigenvalue weighted by Gasteiger charge is -2.27. The molecular weight excluding hydrogens is 320 g/mol. The molecule has 0 bridgehead atoms. The van der Waals surface area contributed by atoms with Crippen molar-refractivity contribution in [2.75, 3.05) is 37.8 Å². The third-order valence-electron chi connectivity index (χ3n) is 3.95. The quantitative estimate of drug-likeness (QED) is 0.851. The molecule has 0 spiro atoms. The molecule has 0 aromatic heterocycles. The molecule has 1 saturated heterocycles. The zero-order chi connectivity index (χ0) is 16.4. The van der Waals surface area contributed by atoms with Crippen LogP contribution in [0.1, 0.15) is 12.5 Å². The minimum Gasteiger partial charge on any atom is -0.376 e. The van der Waals surface area contributed by atoms with E-state index in [-0.39, 0.29) is 17.4 Å².